The zero-order valence-electron chi connectivity index (χ0n) is 12.9. The van der Waals surface area contributed by atoms with Gasteiger partial charge < -0.3 is 9.47 Å². The Morgan fingerprint density at radius 2 is 1.95 bits per heavy atom. The number of hydrogen-bond donors (Lipinski definition) is 0. The second-order valence-electron chi connectivity index (χ2n) is 6.88. The number of ketones is 2. The van der Waals surface area contributed by atoms with Crippen LogP contribution in [-0.4, -0.2) is 30.6 Å². The van der Waals surface area contributed by atoms with Crippen LogP contribution >= 0.6 is 0 Å². The van der Waals surface area contributed by atoms with Crippen LogP contribution in [0.1, 0.15) is 37.7 Å². The lowest BCUT2D eigenvalue weighted by atomic mass is 9.70. The van der Waals surface area contributed by atoms with Crippen molar-refractivity contribution in [3.8, 4) is 0 Å². The Labute approximate surface area is 129 Å². The Morgan fingerprint density at radius 3 is 2.64 bits per heavy atom. The third-order valence-electron chi connectivity index (χ3n) is 5.88. The van der Waals surface area contributed by atoms with E-state index in [9.17, 15) is 9.59 Å². The van der Waals surface area contributed by atoms with E-state index < -0.39 is 23.0 Å². The lowest BCUT2D eigenvalue weighted by Crippen LogP contribution is -2.62. The van der Waals surface area contributed by atoms with E-state index in [0.717, 1.165) is 18.4 Å². The van der Waals surface area contributed by atoms with Gasteiger partial charge in [0.1, 0.15) is 5.78 Å². The molecule has 1 saturated carbocycles. The summed E-state index contributed by atoms with van der Waals surface area (Å²) in [5.74, 6) is -1.90. The van der Waals surface area contributed by atoms with Gasteiger partial charge in [-0.3, -0.25) is 9.59 Å². The van der Waals surface area contributed by atoms with Gasteiger partial charge in [-0.1, -0.05) is 30.3 Å². The third kappa shape index (κ3) is 1.49. The topological polar surface area (TPSA) is 52.6 Å². The predicted octanol–water partition coefficient (Wildman–Crippen LogP) is 2.47. The maximum Gasteiger partial charge on any atom is 0.191 e. The quantitative estimate of drug-likeness (QED) is 0.842. The molecule has 0 spiro atoms. The van der Waals surface area contributed by atoms with Crippen LogP contribution in [0.3, 0.4) is 0 Å². The summed E-state index contributed by atoms with van der Waals surface area (Å²) in [7, 11) is 1.56. The zero-order chi connectivity index (χ0) is 15.5. The van der Waals surface area contributed by atoms with Crippen LogP contribution in [0.5, 0.6) is 0 Å². The summed E-state index contributed by atoms with van der Waals surface area (Å²) in [6.07, 6.45) is 1.74. The highest BCUT2D eigenvalue weighted by Crippen LogP contribution is 2.63. The molecule has 4 rings (SSSR count). The maximum absolute atomic E-state index is 13.2. The van der Waals surface area contributed by atoms with Gasteiger partial charge in [0, 0.05) is 13.5 Å². The van der Waals surface area contributed by atoms with Crippen molar-refractivity contribution in [3.63, 3.8) is 0 Å². The largest absolute Gasteiger partial charge is 0.351 e. The van der Waals surface area contributed by atoms with Gasteiger partial charge in [-0.2, -0.15) is 0 Å². The van der Waals surface area contributed by atoms with E-state index >= 15 is 0 Å². The highest BCUT2D eigenvalue weighted by atomic mass is 16.7. The standard InChI is InChI=1S/C18H20O4/c1-17-9-8-12-10-13(19)15(18(17,21-2)22-12)14(16(17)20)11-6-4-3-5-7-11/h3-7,12,14-15H,8-10H2,1-2H3/t12?,14-,15-,17?,18?/m0/s1. The highest BCUT2D eigenvalue weighted by molar-refractivity contribution is 6.02. The van der Waals surface area contributed by atoms with E-state index in [2.05, 4.69) is 0 Å². The molecule has 2 saturated heterocycles. The van der Waals surface area contributed by atoms with Gasteiger partial charge in [-0.25, -0.2) is 0 Å². The fourth-order valence-corrected chi connectivity index (χ4v) is 4.78. The average molecular weight is 300 g/mol. The molecule has 1 aliphatic carbocycles. The third-order valence-corrected chi connectivity index (χ3v) is 5.88. The molecule has 116 valence electrons. The van der Waals surface area contributed by atoms with Gasteiger partial charge >= 0.3 is 0 Å². The average Bonchev–Trinajstić information content (AvgIpc) is 2.76. The highest BCUT2D eigenvalue weighted by Gasteiger charge is 2.74. The molecule has 4 nitrogen and oxygen atoms in total. The van der Waals surface area contributed by atoms with Crippen LogP contribution in [0.25, 0.3) is 0 Å². The van der Waals surface area contributed by atoms with E-state index in [0.29, 0.717) is 6.42 Å². The molecule has 5 atom stereocenters. The molecule has 22 heavy (non-hydrogen) atoms. The summed E-state index contributed by atoms with van der Waals surface area (Å²) >= 11 is 0. The van der Waals surface area contributed by atoms with Gasteiger partial charge in [-0.15, -0.1) is 0 Å². The molecule has 1 aromatic rings. The van der Waals surface area contributed by atoms with Crippen molar-refractivity contribution >= 4 is 11.6 Å². The Balaban J connectivity index is 1.92. The second-order valence-corrected chi connectivity index (χ2v) is 6.88. The van der Waals surface area contributed by atoms with E-state index in [1.807, 2.05) is 37.3 Å². The summed E-state index contributed by atoms with van der Waals surface area (Å²) in [5.41, 5.74) is 0.138. The molecule has 4 heteroatoms. The summed E-state index contributed by atoms with van der Waals surface area (Å²) in [6, 6.07) is 9.57. The lowest BCUT2D eigenvalue weighted by Gasteiger charge is -2.52. The molecule has 3 fully saturated rings. The smallest absolute Gasteiger partial charge is 0.191 e. The number of methoxy groups -OCH3 is 1. The van der Waals surface area contributed by atoms with Crippen LogP contribution in [0.4, 0.5) is 0 Å². The molecule has 2 heterocycles. The maximum atomic E-state index is 13.2. The van der Waals surface area contributed by atoms with Crippen LogP contribution in [0, 0.1) is 11.3 Å². The normalized spacial score (nSPS) is 43.5. The van der Waals surface area contributed by atoms with Crippen LogP contribution < -0.4 is 0 Å². The predicted molar refractivity (Wildman–Crippen MR) is 79.3 cm³/mol. The molecular formula is C18H20O4. The first-order valence-electron chi connectivity index (χ1n) is 7.88. The molecule has 2 bridgehead atoms. The number of carbonyl (C=O) groups is 2. The van der Waals surface area contributed by atoms with Gasteiger partial charge in [-0.05, 0) is 25.3 Å². The first-order chi connectivity index (χ1) is 10.5. The molecule has 3 unspecified atom stereocenters. The number of Topliss-reactive ketones (excluding diaryl/α,β-unsaturated/α-hetero) is 2. The number of ether oxygens (including phenoxy) is 2. The summed E-state index contributed by atoms with van der Waals surface area (Å²) in [5, 5.41) is 0. The Morgan fingerprint density at radius 1 is 1.23 bits per heavy atom. The molecule has 3 aliphatic rings. The van der Waals surface area contributed by atoms with E-state index in [4.69, 9.17) is 9.47 Å². The summed E-state index contributed by atoms with van der Waals surface area (Å²) in [4.78, 5) is 26.0. The number of rotatable bonds is 2. The monoisotopic (exact) mass is 300 g/mol. The number of fused-ring (bicyclic) bond motifs is 1. The molecule has 0 amide bonds. The second kappa shape index (κ2) is 4.49. The van der Waals surface area contributed by atoms with Crippen molar-refractivity contribution in [2.75, 3.05) is 7.11 Å². The van der Waals surface area contributed by atoms with Crippen LogP contribution in [-0.2, 0) is 19.1 Å². The fourth-order valence-electron chi connectivity index (χ4n) is 4.78. The Bertz CT molecular complexity index is 640. The minimum Gasteiger partial charge on any atom is -0.351 e. The number of carbonyl (C=O) groups excluding carboxylic acids is 2. The van der Waals surface area contributed by atoms with Crippen molar-refractivity contribution in [2.45, 2.75) is 44.0 Å². The van der Waals surface area contributed by atoms with Crippen molar-refractivity contribution in [1.82, 2.24) is 0 Å². The van der Waals surface area contributed by atoms with Gasteiger partial charge in [0.05, 0.1) is 23.4 Å². The minimum absolute atomic E-state index is 0.0826. The lowest BCUT2D eigenvalue weighted by molar-refractivity contribution is -0.333. The number of benzene rings is 1. The Kier molecular flexibility index (Phi) is 2.88. The van der Waals surface area contributed by atoms with Crippen molar-refractivity contribution in [2.24, 2.45) is 11.3 Å². The van der Waals surface area contributed by atoms with Gasteiger partial charge in [0.15, 0.2) is 11.6 Å². The molecule has 0 N–H and O–H groups in total. The zero-order valence-corrected chi connectivity index (χ0v) is 12.9. The van der Waals surface area contributed by atoms with Crippen LogP contribution in [0.15, 0.2) is 30.3 Å². The van der Waals surface area contributed by atoms with E-state index in [-0.39, 0.29) is 17.7 Å². The first kappa shape index (κ1) is 14.1. The Hall–Kier alpha value is -1.52. The summed E-state index contributed by atoms with van der Waals surface area (Å²) < 4.78 is 11.9. The van der Waals surface area contributed by atoms with Crippen molar-refractivity contribution < 1.29 is 19.1 Å². The number of hydrogen-bond acceptors (Lipinski definition) is 4. The minimum atomic E-state index is -1.09. The molecule has 0 radical (unpaired) electrons. The molecule has 2 aliphatic heterocycles. The van der Waals surface area contributed by atoms with E-state index in [1.165, 1.54) is 0 Å². The first-order valence-corrected chi connectivity index (χ1v) is 7.88. The van der Waals surface area contributed by atoms with Crippen molar-refractivity contribution in [3.05, 3.63) is 35.9 Å². The SMILES string of the molecule is COC12OC3CCC1(C)C(=O)[C@@H](c1ccccc1)[C@@H]2C(=O)C3. The van der Waals surface area contributed by atoms with Gasteiger partial charge in [0.2, 0.25) is 0 Å². The molecule has 1 aromatic carbocycles. The molecule has 0 aromatic heterocycles. The van der Waals surface area contributed by atoms with E-state index in [1.54, 1.807) is 7.11 Å². The van der Waals surface area contributed by atoms with Crippen molar-refractivity contribution in [1.29, 1.82) is 0 Å². The fraction of sp³-hybridized carbons (Fsp3) is 0.556. The summed E-state index contributed by atoms with van der Waals surface area (Å²) in [6.45, 7) is 1.91. The van der Waals surface area contributed by atoms with Gasteiger partial charge in [0.25, 0.3) is 0 Å². The molecular weight excluding hydrogens is 280 g/mol. The van der Waals surface area contributed by atoms with Crippen LogP contribution in [0.2, 0.25) is 0 Å².